The van der Waals surface area contributed by atoms with E-state index in [-0.39, 0.29) is 23.5 Å². The van der Waals surface area contributed by atoms with E-state index < -0.39 is 9.84 Å². The molecule has 0 saturated carbocycles. The van der Waals surface area contributed by atoms with Crippen LogP contribution in [0.1, 0.15) is 34.1 Å². The molecule has 1 aliphatic heterocycles. The maximum Gasteiger partial charge on any atom is 0.256 e. The van der Waals surface area contributed by atoms with E-state index in [1.54, 1.807) is 10.7 Å². The first kappa shape index (κ1) is 22.7. The molecule has 0 radical (unpaired) electrons. The minimum atomic E-state index is -3.11. The van der Waals surface area contributed by atoms with Gasteiger partial charge in [-0.1, -0.05) is 51.8 Å². The number of hydrogen-bond donors (Lipinski definition) is 1. The van der Waals surface area contributed by atoms with E-state index in [2.05, 4.69) is 26.3 Å². The van der Waals surface area contributed by atoms with Gasteiger partial charge in [-0.3, -0.25) is 4.79 Å². The van der Waals surface area contributed by atoms with Crippen LogP contribution in [-0.2, 0) is 9.84 Å². The fourth-order valence-electron chi connectivity index (χ4n) is 4.35. The molecule has 1 atom stereocenters. The second-order valence-corrected chi connectivity index (χ2v) is 11.8. The number of nitrogens with one attached hydrogen (secondary N) is 1. The summed E-state index contributed by atoms with van der Waals surface area (Å²) in [6.45, 7) is 3.83. The molecule has 9 heteroatoms. The molecule has 34 heavy (non-hydrogen) atoms. The van der Waals surface area contributed by atoms with Gasteiger partial charge in [0.25, 0.3) is 5.91 Å². The van der Waals surface area contributed by atoms with E-state index in [9.17, 15) is 13.2 Å². The SMILES string of the molecule is Cc1ccc(-c2cc(C(=O)Nc3cccc(Br)c3)c3c(C)nn(C4CCS(=O)(=O)C4)c3n2)cc1. The molecule has 1 N–H and O–H groups in total. The number of rotatable bonds is 4. The van der Waals surface area contributed by atoms with Crippen LogP contribution >= 0.6 is 15.9 Å². The second kappa shape index (κ2) is 8.63. The summed E-state index contributed by atoms with van der Waals surface area (Å²) in [6, 6.07) is 16.8. The number of halogens is 1. The molecule has 1 amide bonds. The van der Waals surface area contributed by atoms with Crippen LogP contribution in [0.25, 0.3) is 22.3 Å². The van der Waals surface area contributed by atoms with Gasteiger partial charge in [0.1, 0.15) is 0 Å². The molecule has 1 unspecified atom stereocenters. The second-order valence-electron chi connectivity index (χ2n) is 8.67. The molecule has 1 fully saturated rings. The van der Waals surface area contributed by atoms with Gasteiger partial charge in [0, 0.05) is 15.7 Å². The van der Waals surface area contributed by atoms with Crippen molar-refractivity contribution >= 4 is 48.4 Å². The average Bonchev–Trinajstić information content (AvgIpc) is 3.32. The molecule has 3 heterocycles. The van der Waals surface area contributed by atoms with E-state index in [0.717, 1.165) is 15.6 Å². The fourth-order valence-corrected chi connectivity index (χ4v) is 6.44. The van der Waals surface area contributed by atoms with E-state index in [1.807, 2.05) is 62.4 Å². The molecular formula is C25H23BrN4O3S. The number of hydrogen-bond acceptors (Lipinski definition) is 5. The highest BCUT2D eigenvalue weighted by Crippen LogP contribution is 2.32. The number of nitrogens with zero attached hydrogens (tertiary/aromatic N) is 3. The summed E-state index contributed by atoms with van der Waals surface area (Å²) in [6.07, 6.45) is 0.481. The van der Waals surface area contributed by atoms with Gasteiger partial charge in [0.15, 0.2) is 15.5 Å². The Balaban J connectivity index is 1.68. The summed E-state index contributed by atoms with van der Waals surface area (Å²) in [5, 5.41) is 8.25. The van der Waals surface area contributed by atoms with Crippen LogP contribution < -0.4 is 5.32 Å². The molecule has 0 spiro atoms. The Morgan fingerprint density at radius 1 is 1.12 bits per heavy atom. The molecule has 0 aliphatic carbocycles. The zero-order valence-corrected chi connectivity index (χ0v) is 21.1. The number of benzene rings is 2. The first-order valence-electron chi connectivity index (χ1n) is 10.9. The third kappa shape index (κ3) is 4.37. The van der Waals surface area contributed by atoms with Gasteiger partial charge in [-0.15, -0.1) is 0 Å². The highest BCUT2D eigenvalue weighted by atomic mass is 79.9. The standard InChI is InChI=1S/C25H23BrN4O3S/c1-15-6-8-17(9-7-15)22-13-21(25(31)27-19-5-3-4-18(26)12-19)23-16(2)29-30(24(23)28-22)20-10-11-34(32,33)14-20/h3-9,12-13,20H,10-11,14H2,1-2H3,(H,27,31). The van der Waals surface area contributed by atoms with Crippen LogP contribution in [-0.4, -0.2) is 40.6 Å². The number of aryl methyl sites for hydroxylation is 2. The first-order chi connectivity index (χ1) is 16.2. The summed E-state index contributed by atoms with van der Waals surface area (Å²) in [7, 11) is -3.11. The highest BCUT2D eigenvalue weighted by Gasteiger charge is 2.32. The summed E-state index contributed by atoms with van der Waals surface area (Å²) < 4.78 is 26.9. The summed E-state index contributed by atoms with van der Waals surface area (Å²) in [4.78, 5) is 18.3. The van der Waals surface area contributed by atoms with Gasteiger partial charge in [-0.05, 0) is 44.5 Å². The number of sulfone groups is 1. The fraction of sp³-hybridized carbons (Fsp3) is 0.240. The van der Waals surface area contributed by atoms with Gasteiger partial charge in [-0.2, -0.15) is 5.10 Å². The van der Waals surface area contributed by atoms with E-state index in [1.165, 1.54) is 0 Å². The Hall–Kier alpha value is -3.04. The van der Waals surface area contributed by atoms with Crippen molar-refractivity contribution in [2.45, 2.75) is 26.3 Å². The molecule has 7 nitrogen and oxygen atoms in total. The summed E-state index contributed by atoms with van der Waals surface area (Å²) in [5.41, 5.74) is 4.90. The van der Waals surface area contributed by atoms with E-state index in [0.29, 0.717) is 40.1 Å². The summed E-state index contributed by atoms with van der Waals surface area (Å²) >= 11 is 3.43. The number of anilines is 1. The third-order valence-electron chi connectivity index (χ3n) is 6.07. The van der Waals surface area contributed by atoms with E-state index in [4.69, 9.17) is 4.98 Å². The van der Waals surface area contributed by atoms with E-state index >= 15 is 0 Å². The smallest absolute Gasteiger partial charge is 0.256 e. The summed E-state index contributed by atoms with van der Waals surface area (Å²) in [5.74, 6) is -0.119. The maximum absolute atomic E-state index is 13.5. The Morgan fingerprint density at radius 3 is 2.56 bits per heavy atom. The van der Waals surface area contributed by atoms with Gasteiger partial charge >= 0.3 is 0 Å². The number of amides is 1. The lowest BCUT2D eigenvalue weighted by molar-refractivity contribution is 0.102. The maximum atomic E-state index is 13.5. The molecule has 1 aliphatic rings. The normalized spacial score (nSPS) is 17.2. The molecule has 5 rings (SSSR count). The predicted octanol–water partition coefficient (Wildman–Crippen LogP) is 5.09. The Labute approximate surface area is 206 Å². The van der Waals surface area contributed by atoms with Crippen LogP contribution in [0.4, 0.5) is 5.69 Å². The molecule has 2 aromatic carbocycles. The van der Waals surface area contributed by atoms with Crippen molar-refractivity contribution in [3.05, 3.63) is 75.9 Å². The number of carbonyl (C=O) groups excluding carboxylic acids is 1. The number of pyridine rings is 1. The lowest BCUT2D eigenvalue weighted by Gasteiger charge is -2.13. The molecule has 2 aromatic heterocycles. The van der Waals surface area contributed by atoms with Crippen molar-refractivity contribution in [2.75, 3.05) is 16.8 Å². The van der Waals surface area contributed by atoms with Crippen LogP contribution in [0.15, 0.2) is 59.1 Å². The van der Waals surface area contributed by atoms with Crippen molar-refractivity contribution in [3.63, 3.8) is 0 Å². The predicted molar refractivity (Wildman–Crippen MR) is 137 cm³/mol. The zero-order chi connectivity index (χ0) is 24.0. The molecule has 174 valence electrons. The van der Waals surface area contributed by atoms with Crippen LogP contribution in [0.5, 0.6) is 0 Å². The largest absolute Gasteiger partial charge is 0.322 e. The molecule has 0 bridgehead atoms. The van der Waals surface area contributed by atoms with Crippen molar-refractivity contribution in [2.24, 2.45) is 0 Å². The minimum Gasteiger partial charge on any atom is -0.322 e. The van der Waals surface area contributed by atoms with Crippen molar-refractivity contribution in [3.8, 4) is 11.3 Å². The van der Waals surface area contributed by atoms with Crippen molar-refractivity contribution in [1.29, 1.82) is 0 Å². The zero-order valence-electron chi connectivity index (χ0n) is 18.7. The first-order valence-corrected chi connectivity index (χ1v) is 13.6. The van der Waals surface area contributed by atoms with Crippen LogP contribution in [0.2, 0.25) is 0 Å². The van der Waals surface area contributed by atoms with Crippen molar-refractivity contribution in [1.82, 2.24) is 14.8 Å². The average molecular weight is 539 g/mol. The van der Waals surface area contributed by atoms with Crippen LogP contribution in [0, 0.1) is 13.8 Å². The lowest BCUT2D eigenvalue weighted by atomic mass is 10.0. The van der Waals surface area contributed by atoms with Gasteiger partial charge in [-0.25, -0.2) is 18.1 Å². The van der Waals surface area contributed by atoms with Gasteiger partial charge in [0.05, 0.1) is 39.9 Å². The Bertz CT molecular complexity index is 1530. The number of carbonyl (C=O) groups is 1. The van der Waals surface area contributed by atoms with Crippen molar-refractivity contribution < 1.29 is 13.2 Å². The van der Waals surface area contributed by atoms with Gasteiger partial charge < -0.3 is 5.32 Å². The number of fused-ring (bicyclic) bond motifs is 1. The molecule has 4 aromatic rings. The quantitative estimate of drug-likeness (QED) is 0.390. The topological polar surface area (TPSA) is 94.0 Å². The third-order valence-corrected chi connectivity index (χ3v) is 8.31. The lowest BCUT2D eigenvalue weighted by Crippen LogP contribution is -2.15. The number of aromatic nitrogens is 3. The van der Waals surface area contributed by atoms with Crippen LogP contribution in [0.3, 0.4) is 0 Å². The monoisotopic (exact) mass is 538 g/mol. The molecular weight excluding hydrogens is 516 g/mol. The Kier molecular flexibility index (Phi) is 5.77. The van der Waals surface area contributed by atoms with Gasteiger partial charge in [0.2, 0.25) is 0 Å². The Morgan fingerprint density at radius 2 is 1.88 bits per heavy atom. The minimum absolute atomic E-state index is 0.0270. The molecule has 1 saturated heterocycles. The highest BCUT2D eigenvalue weighted by molar-refractivity contribution is 9.10.